The first-order valence-corrected chi connectivity index (χ1v) is 6.12. The topological polar surface area (TPSA) is 51.8 Å². The molecule has 0 fully saturated rings. The lowest BCUT2D eigenvalue weighted by atomic mass is 10.3. The van der Waals surface area contributed by atoms with Crippen molar-refractivity contribution in [2.75, 3.05) is 11.5 Å². The molecule has 0 aliphatic rings. The molecule has 0 saturated heterocycles. The third kappa shape index (κ3) is 4.46. The highest BCUT2D eigenvalue weighted by Crippen LogP contribution is 2.12. The van der Waals surface area contributed by atoms with Crippen LogP contribution >= 0.6 is 11.8 Å². The lowest BCUT2D eigenvalue weighted by Crippen LogP contribution is -1.94. The molecule has 78 valence electrons. The van der Waals surface area contributed by atoms with Gasteiger partial charge in [-0.1, -0.05) is 19.8 Å². The summed E-state index contributed by atoms with van der Waals surface area (Å²) >= 11 is 1.91. The van der Waals surface area contributed by atoms with Crippen LogP contribution in [0.3, 0.4) is 0 Å². The van der Waals surface area contributed by atoms with E-state index in [2.05, 4.69) is 16.9 Å². The third-order valence-electron chi connectivity index (χ3n) is 1.87. The average Bonchev–Trinajstić information content (AvgIpc) is 2.21. The molecule has 0 bridgehead atoms. The Morgan fingerprint density at radius 2 is 2.14 bits per heavy atom. The molecule has 4 heteroatoms. The number of rotatable bonds is 6. The minimum Gasteiger partial charge on any atom is -0.382 e. The Kier molecular flexibility index (Phi) is 5.37. The smallest absolute Gasteiger partial charge is 0.141 e. The molecular weight excluding hydrogens is 194 g/mol. The van der Waals surface area contributed by atoms with Gasteiger partial charge in [-0.2, -0.15) is 11.8 Å². The van der Waals surface area contributed by atoms with E-state index < -0.39 is 0 Å². The molecule has 1 aromatic rings. The van der Waals surface area contributed by atoms with E-state index in [1.165, 1.54) is 25.0 Å². The average molecular weight is 211 g/mol. The van der Waals surface area contributed by atoms with Crippen molar-refractivity contribution in [3.63, 3.8) is 0 Å². The van der Waals surface area contributed by atoms with Crippen LogP contribution in [0.4, 0.5) is 5.82 Å². The summed E-state index contributed by atoms with van der Waals surface area (Å²) in [5.41, 5.74) is 6.46. The van der Waals surface area contributed by atoms with Crippen LogP contribution in [-0.2, 0) is 5.75 Å². The van der Waals surface area contributed by atoms with Gasteiger partial charge in [0.15, 0.2) is 0 Å². The first-order chi connectivity index (χ1) is 6.83. The summed E-state index contributed by atoms with van der Waals surface area (Å²) in [5, 5.41) is 0. The van der Waals surface area contributed by atoms with E-state index in [1.54, 1.807) is 12.4 Å². The molecule has 0 saturated carbocycles. The number of aromatic nitrogens is 2. The molecule has 0 unspecified atom stereocenters. The molecule has 0 aliphatic carbocycles. The molecule has 1 heterocycles. The number of anilines is 1. The second-order valence-corrected chi connectivity index (χ2v) is 4.30. The first kappa shape index (κ1) is 11.3. The first-order valence-electron chi connectivity index (χ1n) is 4.97. The van der Waals surface area contributed by atoms with Crippen LogP contribution < -0.4 is 5.73 Å². The van der Waals surface area contributed by atoms with E-state index in [0.717, 1.165) is 11.4 Å². The van der Waals surface area contributed by atoms with Gasteiger partial charge in [-0.05, 0) is 12.2 Å². The highest BCUT2D eigenvalue weighted by atomic mass is 32.2. The summed E-state index contributed by atoms with van der Waals surface area (Å²) in [6, 6.07) is 0. The lowest BCUT2D eigenvalue weighted by Gasteiger charge is -2.00. The van der Waals surface area contributed by atoms with Gasteiger partial charge in [0.2, 0.25) is 0 Å². The Labute approximate surface area is 89.5 Å². The van der Waals surface area contributed by atoms with Crippen molar-refractivity contribution in [2.45, 2.75) is 31.9 Å². The van der Waals surface area contributed by atoms with Gasteiger partial charge in [0.25, 0.3) is 0 Å². The second kappa shape index (κ2) is 6.65. The van der Waals surface area contributed by atoms with Gasteiger partial charge in [-0.3, -0.25) is 4.98 Å². The molecule has 1 aromatic heterocycles. The number of nitrogens with zero attached hydrogens (tertiary/aromatic N) is 2. The minimum absolute atomic E-state index is 0.490. The zero-order chi connectivity index (χ0) is 10.2. The summed E-state index contributed by atoms with van der Waals surface area (Å²) in [7, 11) is 0. The van der Waals surface area contributed by atoms with Crippen LogP contribution in [0.15, 0.2) is 12.4 Å². The van der Waals surface area contributed by atoms with Crippen LogP contribution in [0.25, 0.3) is 0 Å². The van der Waals surface area contributed by atoms with Gasteiger partial charge < -0.3 is 5.73 Å². The summed E-state index contributed by atoms with van der Waals surface area (Å²) in [5.74, 6) is 2.64. The maximum atomic E-state index is 5.44. The Hall–Kier alpha value is -0.770. The van der Waals surface area contributed by atoms with E-state index in [4.69, 9.17) is 5.73 Å². The monoisotopic (exact) mass is 211 g/mol. The number of hydrogen-bond donors (Lipinski definition) is 1. The van der Waals surface area contributed by atoms with Gasteiger partial charge in [0, 0.05) is 5.75 Å². The standard InChI is InChI=1S/C10H17N3S/c1-2-3-4-5-14-8-9-6-13-10(11)7-12-9/h6-7H,2-5,8H2,1H3,(H2,11,13). The Balaban J connectivity index is 2.15. The van der Waals surface area contributed by atoms with E-state index >= 15 is 0 Å². The van der Waals surface area contributed by atoms with Crippen molar-refractivity contribution in [2.24, 2.45) is 0 Å². The predicted octanol–water partition coefficient (Wildman–Crippen LogP) is 2.48. The molecule has 0 spiro atoms. The molecule has 0 radical (unpaired) electrons. The van der Waals surface area contributed by atoms with E-state index in [0.29, 0.717) is 5.82 Å². The number of hydrogen-bond acceptors (Lipinski definition) is 4. The second-order valence-electron chi connectivity index (χ2n) is 3.19. The molecule has 2 N–H and O–H groups in total. The third-order valence-corrected chi connectivity index (χ3v) is 2.94. The molecule has 1 rings (SSSR count). The van der Waals surface area contributed by atoms with Gasteiger partial charge >= 0.3 is 0 Å². The maximum Gasteiger partial charge on any atom is 0.141 e. The minimum atomic E-state index is 0.490. The highest BCUT2D eigenvalue weighted by molar-refractivity contribution is 7.98. The number of thioether (sulfide) groups is 1. The van der Waals surface area contributed by atoms with Crippen molar-refractivity contribution < 1.29 is 0 Å². The quantitative estimate of drug-likeness (QED) is 0.734. The number of nitrogens with two attached hydrogens (primary N) is 1. The summed E-state index contributed by atoms with van der Waals surface area (Å²) in [4.78, 5) is 8.18. The Bertz CT molecular complexity index is 248. The molecule has 0 aromatic carbocycles. The molecular formula is C10H17N3S. The van der Waals surface area contributed by atoms with E-state index in [9.17, 15) is 0 Å². The van der Waals surface area contributed by atoms with Crippen molar-refractivity contribution in [1.82, 2.24) is 9.97 Å². The molecule has 0 atom stereocenters. The largest absolute Gasteiger partial charge is 0.382 e. The zero-order valence-corrected chi connectivity index (χ0v) is 9.39. The Morgan fingerprint density at radius 1 is 1.29 bits per heavy atom. The molecule has 0 amide bonds. The fraction of sp³-hybridized carbons (Fsp3) is 0.600. The summed E-state index contributed by atoms with van der Waals surface area (Å²) in [6.07, 6.45) is 7.26. The van der Waals surface area contributed by atoms with E-state index in [-0.39, 0.29) is 0 Å². The van der Waals surface area contributed by atoms with Crippen LogP contribution in [0.1, 0.15) is 31.9 Å². The van der Waals surface area contributed by atoms with Crippen LogP contribution in [-0.4, -0.2) is 15.7 Å². The molecule has 0 aliphatic heterocycles. The van der Waals surface area contributed by atoms with Crippen LogP contribution in [0.2, 0.25) is 0 Å². The van der Waals surface area contributed by atoms with Gasteiger partial charge in [-0.15, -0.1) is 0 Å². The summed E-state index contributed by atoms with van der Waals surface area (Å²) in [6.45, 7) is 2.22. The van der Waals surface area contributed by atoms with Crippen molar-refractivity contribution >= 4 is 17.6 Å². The fourth-order valence-corrected chi connectivity index (χ4v) is 1.98. The maximum absolute atomic E-state index is 5.44. The molecule has 14 heavy (non-hydrogen) atoms. The van der Waals surface area contributed by atoms with Gasteiger partial charge in [-0.25, -0.2) is 4.98 Å². The number of unbranched alkanes of at least 4 members (excludes halogenated alkanes) is 2. The normalized spacial score (nSPS) is 10.4. The lowest BCUT2D eigenvalue weighted by molar-refractivity contribution is 0.778. The molecule has 3 nitrogen and oxygen atoms in total. The van der Waals surface area contributed by atoms with Crippen LogP contribution in [0.5, 0.6) is 0 Å². The highest BCUT2D eigenvalue weighted by Gasteiger charge is 1.95. The SMILES string of the molecule is CCCCCSCc1cnc(N)cn1. The van der Waals surface area contributed by atoms with Crippen LogP contribution in [0, 0.1) is 0 Å². The number of nitrogen functional groups attached to an aromatic ring is 1. The van der Waals surface area contributed by atoms with Gasteiger partial charge in [0.1, 0.15) is 5.82 Å². The van der Waals surface area contributed by atoms with Crippen molar-refractivity contribution in [3.05, 3.63) is 18.1 Å². The van der Waals surface area contributed by atoms with Crippen molar-refractivity contribution in [3.8, 4) is 0 Å². The predicted molar refractivity (Wildman–Crippen MR) is 62.1 cm³/mol. The van der Waals surface area contributed by atoms with Gasteiger partial charge in [0.05, 0.1) is 18.1 Å². The fourth-order valence-electron chi connectivity index (χ4n) is 1.07. The van der Waals surface area contributed by atoms with E-state index in [1.807, 2.05) is 11.8 Å². The van der Waals surface area contributed by atoms with Crippen molar-refractivity contribution in [1.29, 1.82) is 0 Å². The Morgan fingerprint density at radius 3 is 2.79 bits per heavy atom. The zero-order valence-electron chi connectivity index (χ0n) is 8.57. The summed E-state index contributed by atoms with van der Waals surface area (Å²) < 4.78 is 0.